The normalized spacial score (nSPS) is 17.9. The van der Waals surface area contributed by atoms with Crippen molar-refractivity contribution in [2.75, 3.05) is 0 Å². The van der Waals surface area contributed by atoms with Crippen LogP contribution in [0.3, 0.4) is 0 Å². The zero-order valence-corrected chi connectivity index (χ0v) is 10.2. The van der Waals surface area contributed by atoms with Gasteiger partial charge in [-0.15, -0.1) is 11.3 Å². The van der Waals surface area contributed by atoms with Gasteiger partial charge in [0.1, 0.15) is 5.78 Å². The number of ketones is 1. The molecular weight excluding hydrogens is 228 g/mol. The molecule has 0 unspecified atom stereocenters. The highest BCUT2D eigenvalue weighted by molar-refractivity contribution is 7.14. The molecule has 2 rings (SSSR count). The highest BCUT2D eigenvalue weighted by Gasteiger charge is 2.21. The third-order valence-electron chi connectivity index (χ3n) is 3.12. The molecule has 0 bridgehead atoms. The number of halogens is 1. The Balaban J connectivity index is 1.94. The van der Waals surface area contributed by atoms with Crippen LogP contribution in [-0.4, -0.2) is 5.78 Å². The number of carbonyl (C=O) groups excluding carboxylic acids is 1. The van der Waals surface area contributed by atoms with Crippen LogP contribution >= 0.6 is 22.9 Å². The van der Waals surface area contributed by atoms with Gasteiger partial charge < -0.3 is 0 Å². The van der Waals surface area contributed by atoms with Gasteiger partial charge in [0.15, 0.2) is 0 Å². The van der Waals surface area contributed by atoms with E-state index in [0.717, 1.165) is 22.7 Å². The molecule has 1 aliphatic carbocycles. The quantitative estimate of drug-likeness (QED) is 0.780. The first-order valence-electron chi connectivity index (χ1n) is 5.52. The standard InChI is InChI=1S/C12H15ClOS/c13-12-10(6-7-15-12)8-11(14)9-4-2-1-3-5-9/h6-7,9H,1-5,8H2. The summed E-state index contributed by atoms with van der Waals surface area (Å²) in [6, 6.07) is 1.97. The lowest BCUT2D eigenvalue weighted by Crippen LogP contribution is -2.19. The van der Waals surface area contributed by atoms with E-state index >= 15 is 0 Å². The first-order chi connectivity index (χ1) is 7.27. The second kappa shape index (κ2) is 5.13. The van der Waals surface area contributed by atoms with Crippen molar-refractivity contribution in [3.05, 3.63) is 21.3 Å². The van der Waals surface area contributed by atoms with E-state index in [4.69, 9.17) is 11.6 Å². The first kappa shape index (κ1) is 11.2. The third kappa shape index (κ3) is 2.82. The van der Waals surface area contributed by atoms with Gasteiger partial charge in [0.25, 0.3) is 0 Å². The minimum atomic E-state index is 0.301. The van der Waals surface area contributed by atoms with Crippen LogP contribution in [0.4, 0.5) is 0 Å². The van der Waals surface area contributed by atoms with Crippen molar-refractivity contribution in [1.82, 2.24) is 0 Å². The molecule has 82 valence electrons. The molecule has 0 radical (unpaired) electrons. The fourth-order valence-electron chi connectivity index (χ4n) is 2.20. The zero-order chi connectivity index (χ0) is 10.7. The number of carbonyl (C=O) groups is 1. The number of hydrogen-bond acceptors (Lipinski definition) is 2. The Labute approximate surface area is 99.5 Å². The number of rotatable bonds is 3. The maximum atomic E-state index is 12.0. The summed E-state index contributed by atoms with van der Waals surface area (Å²) in [5.74, 6) is 0.685. The fraction of sp³-hybridized carbons (Fsp3) is 0.583. The molecule has 1 aliphatic rings. The first-order valence-corrected chi connectivity index (χ1v) is 6.77. The molecule has 1 aromatic rings. The highest BCUT2D eigenvalue weighted by Crippen LogP contribution is 2.28. The van der Waals surface area contributed by atoms with Crippen molar-refractivity contribution >= 4 is 28.7 Å². The van der Waals surface area contributed by atoms with E-state index in [9.17, 15) is 4.79 Å². The summed E-state index contributed by atoms with van der Waals surface area (Å²) in [4.78, 5) is 12.0. The van der Waals surface area contributed by atoms with E-state index in [1.165, 1.54) is 30.6 Å². The van der Waals surface area contributed by atoms with Gasteiger partial charge >= 0.3 is 0 Å². The van der Waals surface area contributed by atoms with Gasteiger partial charge in [0.2, 0.25) is 0 Å². The summed E-state index contributed by atoms with van der Waals surface area (Å²) >= 11 is 7.50. The van der Waals surface area contributed by atoms with E-state index < -0.39 is 0 Å². The van der Waals surface area contributed by atoms with Crippen LogP contribution in [0, 0.1) is 5.92 Å². The Morgan fingerprint density at radius 1 is 1.40 bits per heavy atom. The molecule has 0 atom stereocenters. The molecule has 0 amide bonds. The van der Waals surface area contributed by atoms with Crippen molar-refractivity contribution < 1.29 is 4.79 Å². The van der Waals surface area contributed by atoms with E-state index in [-0.39, 0.29) is 0 Å². The van der Waals surface area contributed by atoms with E-state index in [1.807, 2.05) is 11.4 Å². The molecule has 0 aromatic carbocycles. The van der Waals surface area contributed by atoms with Gasteiger partial charge in [-0.1, -0.05) is 30.9 Å². The molecule has 1 heterocycles. The molecule has 15 heavy (non-hydrogen) atoms. The molecule has 1 saturated carbocycles. The van der Waals surface area contributed by atoms with Crippen molar-refractivity contribution in [1.29, 1.82) is 0 Å². The molecule has 0 N–H and O–H groups in total. The Bertz CT molecular complexity index is 339. The lowest BCUT2D eigenvalue weighted by molar-refractivity contribution is -0.123. The molecule has 3 heteroatoms. The average molecular weight is 243 g/mol. The Kier molecular flexibility index (Phi) is 3.81. The number of thiophene rings is 1. The largest absolute Gasteiger partial charge is 0.299 e. The zero-order valence-electron chi connectivity index (χ0n) is 8.67. The molecule has 0 spiro atoms. The smallest absolute Gasteiger partial charge is 0.140 e. The molecule has 1 fully saturated rings. The van der Waals surface area contributed by atoms with Gasteiger partial charge in [-0.2, -0.15) is 0 Å². The number of hydrogen-bond donors (Lipinski definition) is 0. The van der Waals surface area contributed by atoms with E-state index in [0.29, 0.717) is 18.1 Å². The fourth-order valence-corrected chi connectivity index (χ4v) is 3.13. The van der Waals surface area contributed by atoms with Crippen molar-refractivity contribution in [3.63, 3.8) is 0 Å². The van der Waals surface area contributed by atoms with Crippen LogP contribution in [0.25, 0.3) is 0 Å². The minimum absolute atomic E-state index is 0.301. The monoisotopic (exact) mass is 242 g/mol. The molecule has 0 aliphatic heterocycles. The van der Waals surface area contributed by atoms with Gasteiger partial charge in [0, 0.05) is 12.3 Å². The minimum Gasteiger partial charge on any atom is -0.299 e. The maximum Gasteiger partial charge on any atom is 0.140 e. The van der Waals surface area contributed by atoms with Gasteiger partial charge in [0.05, 0.1) is 4.34 Å². The highest BCUT2D eigenvalue weighted by atomic mass is 35.5. The summed E-state index contributed by atoms with van der Waals surface area (Å²) in [7, 11) is 0. The third-order valence-corrected chi connectivity index (χ3v) is 4.37. The summed E-state index contributed by atoms with van der Waals surface area (Å²) < 4.78 is 0.777. The summed E-state index contributed by atoms with van der Waals surface area (Å²) in [5.41, 5.74) is 1.01. The van der Waals surface area contributed by atoms with Gasteiger partial charge in [-0.05, 0) is 29.9 Å². The van der Waals surface area contributed by atoms with E-state index in [2.05, 4.69) is 0 Å². The Morgan fingerprint density at radius 3 is 2.73 bits per heavy atom. The summed E-state index contributed by atoms with van der Waals surface area (Å²) in [5, 5.41) is 1.95. The van der Waals surface area contributed by atoms with Gasteiger partial charge in [-0.3, -0.25) is 4.79 Å². The molecule has 1 aromatic heterocycles. The summed E-state index contributed by atoms with van der Waals surface area (Å²) in [6.07, 6.45) is 6.43. The Hall–Kier alpha value is -0.340. The van der Waals surface area contributed by atoms with E-state index in [1.54, 1.807) is 0 Å². The summed E-state index contributed by atoms with van der Waals surface area (Å²) in [6.45, 7) is 0. The topological polar surface area (TPSA) is 17.1 Å². The van der Waals surface area contributed by atoms with Crippen LogP contribution in [0.2, 0.25) is 4.34 Å². The molecule has 1 nitrogen and oxygen atoms in total. The van der Waals surface area contributed by atoms with Crippen LogP contribution in [0.5, 0.6) is 0 Å². The number of Topliss-reactive ketones (excluding diaryl/α,β-unsaturated/α-hetero) is 1. The van der Waals surface area contributed by atoms with Crippen LogP contribution in [0.15, 0.2) is 11.4 Å². The Morgan fingerprint density at radius 2 is 2.13 bits per heavy atom. The lowest BCUT2D eigenvalue weighted by atomic mass is 9.84. The maximum absolute atomic E-state index is 12.0. The second-order valence-electron chi connectivity index (χ2n) is 4.20. The molecular formula is C12H15ClOS. The SMILES string of the molecule is O=C(Cc1ccsc1Cl)C1CCCCC1. The van der Waals surface area contributed by atoms with Crippen LogP contribution in [0.1, 0.15) is 37.7 Å². The van der Waals surface area contributed by atoms with Crippen molar-refractivity contribution in [2.45, 2.75) is 38.5 Å². The van der Waals surface area contributed by atoms with Gasteiger partial charge in [-0.25, -0.2) is 0 Å². The predicted molar refractivity (Wildman–Crippen MR) is 64.6 cm³/mol. The lowest BCUT2D eigenvalue weighted by Gasteiger charge is -2.19. The van der Waals surface area contributed by atoms with Crippen molar-refractivity contribution in [3.8, 4) is 0 Å². The predicted octanol–water partition coefficient (Wildman–Crippen LogP) is 4.09. The van der Waals surface area contributed by atoms with Crippen LogP contribution < -0.4 is 0 Å². The average Bonchev–Trinajstić information content (AvgIpc) is 2.66. The van der Waals surface area contributed by atoms with Crippen molar-refractivity contribution in [2.24, 2.45) is 5.92 Å². The molecule has 0 saturated heterocycles. The van der Waals surface area contributed by atoms with Crippen LogP contribution in [-0.2, 0) is 11.2 Å². The second-order valence-corrected chi connectivity index (χ2v) is 5.72.